The van der Waals surface area contributed by atoms with E-state index in [1.165, 1.54) is 116 Å². The number of allylic oxidation sites excluding steroid dienone is 5. The largest absolute Gasteiger partial charge is 0.0991 e. The van der Waals surface area contributed by atoms with Gasteiger partial charge < -0.3 is 0 Å². The van der Waals surface area contributed by atoms with Crippen molar-refractivity contribution in [3.8, 4) is 0 Å². The average molecular weight is 347 g/mol. The van der Waals surface area contributed by atoms with Crippen molar-refractivity contribution in [2.75, 3.05) is 0 Å². The molecule has 0 fully saturated rings. The highest BCUT2D eigenvalue weighted by Gasteiger charge is 1.94. The molecule has 25 heavy (non-hydrogen) atoms. The first-order valence-corrected chi connectivity index (χ1v) is 11.4. The van der Waals surface area contributed by atoms with Crippen LogP contribution in [0.15, 0.2) is 37.0 Å². The van der Waals surface area contributed by atoms with Crippen molar-refractivity contribution in [2.24, 2.45) is 0 Å². The molecule has 0 amide bonds. The Balaban J connectivity index is 3.04. The summed E-state index contributed by atoms with van der Waals surface area (Å²) in [7, 11) is 0. The summed E-state index contributed by atoms with van der Waals surface area (Å²) in [5.74, 6) is 0. The van der Waals surface area contributed by atoms with Crippen LogP contribution in [0, 0.1) is 0 Å². The Morgan fingerprint density at radius 2 is 0.880 bits per heavy atom. The van der Waals surface area contributed by atoms with E-state index < -0.39 is 0 Å². The third kappa shape index (κ3) is 23.2. The summed E-state index contributed by atoms with van der Waals surface area (Å²) in [6.07, 6.45) is 36.0. The first-order valence-electron chi connectivity index (χ1n) is 11.4. The summed E-state index contributed by atoms with van der Waals surface area (Å²) in [6.45, 7) is 5.96. The van der Waals surface area contributed by atoms with Gasteiger partial charge >= 0.3 is 0 Å². The Kier molecular flexibility index (Phi) is 22.5. The number of rotatable bonds is 20. The second-order valence-electron chi connectivity index (χ2n) is 7.49. The summed E-state index contributed by atoms with van der Waals surface area (Å²) >= 11 is 0. The highest BCUT2D eigenvalue weighted by molar-refractivity contribution is 5.08. The maximum absolute atomic E-state index is 3.66. The number of hydrogen-bond acceptors (Lipinski definition) is 0. The van der Waals surface area contributed by atoms with Crippen molar-refractivity contribution in [1.82, 2.24) is 0 Å². The fourth-order valence-corrected chi connectivity index (χ4v) is 3.30. The molecule has 0 aromatic carbocycles. The molecule has 0 saturated heterocycles. The van der Waals surface area contributed by atoms with E-state index in [-0.39, 0.29) is 0 Å². The van der Waals surface area contributed by atoms with Crippen LogP contribution in [0.25, 0.3) is 0 Å². The summed E-state index contributed by atoms with van der Waals surface area (Å²) in [5, 5.41) is 0. The molecule has 0 aromatic rings. The Hall–Kier alpha value is -0.780. The van der Waals surface area contributed by atoms with E-state index in [0.717, 1.165) is 0 Å². The molecule has 0 bridgehead atoms. The van der Waals surface area contributed by atoms with Crippen molar-refractivity contribution in [1.29, 1.82) is 0 Å². The predicted octanol–water partition coefficient (Wildman–Crippen LogP) is 9.33. The van der Waals surface area contributed by atoms with Gasteiger partial charge in [-0.1, -0.05) is 147 Å². The molecule has 0 aliphatic rings. The molecule has 0 aromatic heterocycles. The number of unbranched alkanes of at least 4 members (excludes halogenated alkanes) is 17. The van der Waals surface area contributed by atoms with Gasteiger partial charge in [0.1, 0.15) is 0 Å². The smallest absolute Gasteiger partial charge is 0.0348 e. The van der Waals surface area contributed by atoms with E-state index in [2.05, 4.69) is 31.7 Å². The minimum absolute atomic E-state index is 1.22. The van der Waals surface area contributed by atoms with E-state index in [0.29, 0.717) is 0 Å². The van der Waals surface area contributed by atoms with Crippen LogP contribution < -0.4 is 0 Å². The van der Waals surface area contributed by atoms with Crippen LogP contribution in [0.5, 0.6) is 0 Å². The van der Waals surface area contributed by atoms with Gasteiger partial charge in [0.05, 0.1) is 0 Å². The summed E-state index contributed by atoms with van der Waals surface area (Å²) in [6, 6.07) is 0. The molecule has 146 valence electrons. The summed E-state index contributed by atoms with van der Waals surface area (Å²) < 4.78 is 0. The molecule has 0 rings (SSSR count). The monoisotopic (exact) mass is 346 g/mol. The van der Waals surface area contributed by atoms with Gasteiger partial charge in [0.25, 0.3) is 0 Å². The lowest BCUT2D eigenvalue weighted by molar-refractivity contribution is 0.527. The minimum Gasteiger partial charge on any atom is -0.0991 e. The van der Waals surface area contributed by atoms with Crippen LogP contribution in [-0.4, -0.2) is 0 Å². The molecule has 0 heterocycles. The zero-order chi connectivity index (χ0) is 18.3. The lowest BCUT2D eigenvalue weighted by Gasteiger charge is -2.03. The van der Waals surface area contributed by atoms with Gasteiger partial charge in [-0.15, -0.1) is 0 Å². The Bertz CT molecular complexity index is 297. The normalized spacial score (nSPS) is 11.7. The topological polar surface area (TPSA) is 0 Å². The lowest BCUT2D eigenvalue weighted by Crippen LogP contribution is -1.83. The minimum atomic E-state index is 1.22. The SMILES string of the molecule is C=CC=CC=CCCCCCCCCCCCCCCCCCCC. The average Bonchev–Trinajstić information content (AvgIpc) is 2.63. The van der Waals surface area contributed by atoms with Gasteiger partial charge in [-0.25, -0.2) is 0 Å². The molecule has 0 N–H and O–H groups in total. The van der Waals surface area contributed by atoms with Crippen LogP contribution in [0.4, 0.5) is 0 Å². The molecule has 0 aliphatic carbocycles. The summed E-state index contributed by atoms with van der Waals surface area (Å²) in [5.41, 5.74) is 0. The molecule has 0 nitrogen and oxygen atoms in total. The molecule has 0 aliphatic heterocycles. The Labute approximate surface area is 159 Å². The van der Waals surface area contributed by atoms with Crippen molar-refractivity contribution >= 4 is 0 Å². The molecule has 0 atom stereocenters. The zero-order valence-corrected chi connectivity index (χ0v) is 17.3. The fraction of sp³-hybridized carbons (Fsp3) is 0.760. The van der Waals surface area contributed by atoms with Crippen molar-refractivity contribution in [3.05, 3.63) is 37.0 Å². The summed E-state index contributed by atoms with van der Waals surface area (Å²) in [4.78, 5) is 0. The second kappa shape index (κ2) is 23.2. The number of hydrogen-bond donors (Lipinski definition) is 0. The molecule has 0 heteroatoms. The van der Waals surface area contributed by atoms with E-state index in [1.54, 1.807) is 0 Å². The van der Waals surface area contributed by atoms with Gasteiger partial charge in [0.15, 0.2) is 0 Å². The van der Waals surface area contributed by atoms with E-state index in [1.807, 2.05) is 12.2 Å². The molecular formula is C25H46. The maximum atomic E-state index is 3.66. The van der Waals surface area contributed by atoms with E-state index in [9.17, 15) is 0 Å². The molecule has 0 unspecified atom stereocenters. The highest BCUT2D eigenvalue weighted by Crippen LogP contribution is 2.14. The van der Waals surface area contributed by atoms with Gasteiger partial charge in [-0.2, -0.15) is 0 Å². The Morgan fingerprint density at radius 1 is 0.480 bits per heavy atom. The Morgan fingerprint density at radius 3 is 1.28 bits per heavy atom. The van der Waals surface area contributed by atoms with Crippen LogP contribution in [-0.2, 0) is 0 Å². The lowest BCUT2D eigenvalue weighted by atomic mass is 10.0. The maximum Gasteiger partial charge on any atom is -0.0348 e. The fourth-order valence-electron chi connectivity index (χ4n) is 3.30. The van der Waals surface area contributed by atoms with Gasteiger partial charge in [-0.05, 0) is 12.8 Å². The third-order valence-corrected chi connectivity index (χ3v) is 4.97. The standard InChI is InChI=1S/C25H46/c1-3-5-7-9-11-13-15-17-19-21-23-25-24-22-20-18-16-14-12-10-8-6-4-2/h3,5,7,9,11H,1,4,6,8,10,12-25H2,2H3. The van der Waals surface area contributed by atoms with E-state index in [4.69, 9.17) is 0 Å². The van der Waals surface area contributed by atoms with Crippen LogP contribution in [0.1, 0.15) is 122 Å². The van der Waals surface area contributed by atoms with Crippen molar-refractivity contribution < 1.29 is 0 Å². The quantitative estimate of drug-likeness (QED) is 0.152. The molecule has 0 radical (unpaired) electrons. The molecule has 0 saturated carbocycles. The first-order chi connectivity index (χ1) is 12.4. The zero-order valence-electron chi connectivity index (χ0n) is 17.3. The highest BCUT2D eigenvalue weighted by atomic mass is 14.0. The van der Waals surface area contributed by atoms with E-state index >= 15 is 0 Å². The van der Waals surface area contributed by atoms with Gasteiger partial charge in [0, 0.05) is 0 Å². The van der Waals surface area contributed by atoms with Crippen molar-refractivity contribution in [2.45, 2.75) is 122 Å². The predicted molar refractivity (Wildman–Crippen MR) is 117 cm³/mol. The third-order valence-electron chi connectivity index (χ3n) is 4.97. The van der Waals surface area contributed by atoms with Crippen LogP contribution >= 0.6 is 0 Å². The first kappa shape index (κ1) is 24.2. The molecule has 0 spiro atoms. The molecular weight excluding hydrogens is 300 g/mol. The van der Waals surface area contributed by atoms with Crippen LogP contribution in [0.3, 0.4) is 0 Å². The van der Waals surface area contributed by atoms with Gasteiger partial charge in [0.2, 0.25) is 0 Å². The van der Waals surface area contributed by atoms with Gasteiger partial charge in [-0.3, -0.25) is 0 Å². The van der Waals surface area contributed by atoms with Crippen LogP contribution in [0.2, 0.25) is 0 Å². The van der Waals surface area contributed by atoms with Crippen molar-refractivity contribution in [3.63, 3.8) is 0 Å². The second-order valence-corrected chi connectivity index (χ2v) is 7.49.